The molecule has 3 aromatic heterocycles. The fourth-order valence-electron chi connectivity index (χ4n) is 7.36. The smallest absolute Gasteiger partial charge is 0.681 e. The normalized spacial score (nSPS) is 24.0. The van der Waals surface area contributed by atoms with Crippen molar-refractivity contribution in [3.05, 3.63) is 83.8 Å². The average Bonchev–Trinajstić information content (AvgIpc) is 3.72. The summed E-state index contributed by atoms with van der Waals surface area (Å²) in [5, 5.41) is 29.3. The molecular weight excluding hydrogens is 581 g/mol. The first kappa shape index (κ1) is 32.5. The van der Waals surface area contributed by atoms with Crippen molar-refractivity contribution in [1.29, 1.82) is 0 Å². The Morgan fingerprint density at radius 2 is 1.80 bits per heavy atom. The van der Waals surface area contributed by atoms with Gasteiger partial charge in [0.2, 0.25) is 0 Å². The minimum absolute atomic E-state index is 0. The molecule has 1 fully saturated rings. The molecule has 2 aliphatic heterocycles. The van der Waals surface area contributed by atoms with E-state index in [0.717, 1.165) is 62.0 Å². The molecule has 10 heteroatoms. The van der Waals surface area contributed by atoms with Gasteiger partial charge in [0.05, 0.1) is 7.11 Å². The van der Waals surface area contributed by atoms with Gasteiger partial charge >= 0.3 is 35.0 Å². The van der Waals surface area contributed by atoms with Crippen LogP contribution in [-0.2, 0) is 20.7 Å². The number of allylic oxidation sites excluding steroid dienone is 1. The fraction of sp³-hybridized carbons (Fsp3) is 0.371. The van der Waals surface area contributed by atoms with Crippen molar-refractivity contribution in [2.24, 2.45) is 17.8 Å². The molecule has 6 rings (SSSR count). The maximum Gasteiger partial charge on any atom is 2.00 e. The predicted molar refractivity (Wildman–Crippen MR) is 176 cm³/mol. The number of hydrogen-bond acceptors (Lipinski definition) is 4. The van der Waals surface area contributed by atoms with Gasteiger partial charge in [-0.2, -0.15) is 5.70 Å². The van der Waals surface area contributed by atoms with Crippen molar-refractivity contribution in [1.82, 2.24) is 15.0 Å². The topological polar surface area (TPSA) is 144 Å². The van der Waals surface area contributed by atoms with E-state index in [9.17, 15) is 19.8 Å². The Labute approximate surface area is 277 Å². The van der Waals surface area contributed by atoms with E-state index in [1.54, 1.807) is 0 Å². The Kier molecular flexibility index (Phi) is 8.76. The number of esters is 1. The summed E-state index contributed by atoms with van der Waals surface area (Å²) in [4.78, 5) is 37.2. The van der Waals surface area contributed by atoms with Crippen LogP contribution in [0.5, 0.6) is 0 Å². The molecule has 1 unspecified atom stereocenters. The van der Waals surface area contributed by atoms with E-state index < -0.39 is 23.9 Å². The summed E-state index contributed by atoms with van der Waals surface area (Å²) in [5.41, 5.74) is 8.91. The number of aliphatic hydroxyl groups is 1. The van der Waals surface area contributed by atoms with Gasteiger partial charge < -0.3 is 35.2 Å². The van der Waals surface area contributed by atoms with Crippen LogP contribution in [0.3, 0.4) is 0 Å². The van der Waals surface area contributed by atoms with E-state index in [1.165, 1.54) is 7.11 Å². The summed E-state index contributed by atoms with van der Waals surface area (Å²) in [6.45, 7) is 14.3. The van der Waals surface area contributed by atoms with Gasteiger partial charge in [0.1, 0.15) is 11.7 Å². The van der Waals surface area contributed by atoms with E-state index >= 15 is 0 Å². The molecule has 45 heavy (non-hydrogen) atoms. The maximum atomic E-state index is 13.2. The van der Waals surface area contributed by atoms with E-state index in [1.807, 2.05) is 39.0 Å². The number of aliphatic hydroxyl groups excluding tert-OH is 1. The van der Waals surface area contributed by atoms with Gasteiger partial charge in [0.15, 0.2) is 0 Å². The SMILES string of the molecule is C=Cc1c2[nH]c(c1C)/C=C1\[N-]C(C3=c4[n-]c(c(C)c4=C(O)[C@@H]3C(=O)OC)/C=c3\[nH]/c(c(C)c3CC)=C\2)[C@@H](CCC(=O)O)[C@@H]1C.[Mg+2]. The van der Waals surface area contributed by atoms with Gasteiger partial charge in [-0.05, 0) is 68.2 Å². The molecule has 5 heterocycles. The number of aliphatic carboxylic acids is 1. The van der Waals surface area contributed by atoms with Crippen LogP contribution in [0.2, 0.25) is 0 Å². The van der Waals surface area contributed by atoms with Crippen LogP contribution in [0.4, 0.5) is 0 Å². The van der Waals surface area contributed by atoms with Gasteiger partial charge in [0.25, 0.3) is 0 Å². The Morgan fingerprint density at radius 3 is 2.44 bits per heavy atom. The van der Waals surface area contributed by atoms with E-state index in [-0.39, 0.29) is 47.1 Å². The first-order valence-corrected chi connectivity index (χ1v) is 15.1. The maximum absolute atomic E-state index is 13.2. The number of carbonyl (C=O) groups excluding carboxylic acids is 1. The molecule has 8 bridgehead atoms. The Hall–Kier alpha value is -3.89. The summed E-state index contributed by atoms with van der Waals surface area (Å²) < 4.78 is 5.18. The zero-order chi connectivity index (χ0) is 31.6. The summed E-state index contributed by atoms with van der Waals surface area (Å²) in [6, 6.07) is -0.580. The van der Waals surface area contributed by atoms with Gasteiger partial charge in [-0.25, -0.2) is 0 Å². The first-order valence-electron chi connectivity index (χ1n) is 15.1. The van der Waals surface area contributed by atoms with Gasteiger partial charge in [-0.3, -0.25) is 9.59 Å². The van der Waals surface area contributed by atoms with Crippen molar-refractivity contribution in [3.63, 3.8) is 0 Å². The third kappa shape index (κ3) is 5.08. The minimum atomic E-state index is -1.07. The van der Waals surface area contributed by atoms with E-state index in [2.05, 4.69) is 36.5 Å². The third-order valence-corrected chi connectivity index (χ3v) is 9.83. The molecule has 0 saturated carbocycles. The zero-order valence-electron chi connectivity index (χ0n) is 26.7. The Morgan fingerprint density at radius 1 is 1.07 bits per heavy atom. The number of H-pyrrole nitrogens is 2. The number of methoxy groups -OCH3 is 1. The van der Waals surface area contributed by atoms with Crippen molar-refractivity contribution >= 4 is 70.6 Å². The molecular formula is C35H38MgN4O5. The first-order chi connectivity index (χ1) is 21.0. The van der Waals surface area contributed by atoms with Crippen LogP contribution < -0.4 is 26.3 Å². The number of fused-ring (bicyclic) bond motifs is 8. The quantitative estimate of drug-likeness (QED) is 0.247. The third-order valence-electron chi connectivity index (χ3n) is 9.83. The largest absolute Gasteiger partial charge is 2.00 e. The molecule has 1 aliphatic carbocycles. The van der Waals surface area contributed by atoms with Crippen LogP contribution in [0.15, 0.2) is 12.3 Å². The number of carboxylic acids is 1. The molecule has 4 atom stereocenters. The van der Waals surface area contributed by atoms with E-state index in [0.29, 0.717) is 28.3 Å². The van der Waals surface area contributed by atoms with Crippen LogP contribution in [-0.4, -0.2) is 68.3 Å². The molecule has 230 valence electrons. The number of aromatic amines is 2. The standard InChI is InChI=1S/C35H38N4O5.Mg/c1-8-19-15(3)22-12-24-17(5)21(10-11-28(40)41)32(38-24)30-31(35(43)44-7)34(42)29-18(6)25(39-33(29)30)14-27-20(9-2)16(4)23(37-27)13-26(19)36-22;/h8,12-14,17,21,31-32,36-37,42H,1,9-11H2,2-7H3,(H,40,41);/q-2;+2/b23-13-,24-12-,27-14-;/t17-,21-,31+,32?;/m0./s1. The molecule has 9 nitrogen and oxygen atoms in total. The van der Waals surface area contributed by atoms with Gasteiger partial charge in [-0.15, -0.1) is 11.0 Å². The van der Waals surface area contributed by atoms with Crippen molar-refractivity contribution in [3.8, 4) is 0 Å². The van der Waals surface area contributed by atoms with Crippen LogP contribution in [0.1, 0.15) is 71.6 Å². The number of nitrogens with zero attached hydrogens (tertiary/aromatic N) is 2. The van der Waals surface area contributed by atoms with Crippen LogP contribution >= 0.6 is 0 Å². The fourth-order valence-corrected chi connectivity index (χ4v) is 7.36. The number of carboxylic acid groups (broad SMARTS) is 1. The molecule has 3 aromatic rings. The number of nitrogens with one attached hydrogen (secondary N) is 2. The number of aromatic nitrogens is 3. The number of rotatable bonds is 6. The van der Waals surface area contributed by atoms with Crippen LogP contribution in [0, 0.1) is 38.5 Å². The van der Waals surface area contributed by atoms with Gasteiger partial charge in [0, 0.05) is 39.3 Å². The Balaban J connectivity index is 0.00000400. The molecule has 4 N–H and O–H groups in total. The molecule has 0 amide bonds. The minimum Gasteiger partial charge on any atom is -0.681 e. The second kappa shape index (κ2) is 12.1. The van der Waals surface area contributed by atoms with Gasteiger partial charge in [-0.1, -0.05) is 55.8 Å². The van der Waals surface area contributed by atoms with E-state index in [4.69, 9.17) is 15.0 Å². The predicted octanol–water partition coefficient (Wildman–Crippen LogP) is 2.55. The van der Waals surface area contributed by atoms with Crippen molar-refractivity contribution in [2.75, 3.05) is 7.11 Å². The van der Waals surface area contributed by atoms with Crippen molar-refractivity contribution in [2.45, 2.75) is 59.9 Å². The summed E-state index contributed by atoms with van der Waals surface area (Å²) in [7, 11) is 1.30. The average molecular weight is 619 g/mol. The molecule has 0 spiro atoms. The van der Waals surface area contributed by atoms with Crippen LogP contribution in [0.25, 0.3) is 41.0 Å². The zero-order valence-corrected chi connectivity index (χ0v) is 28.1. The summed E-state index contributed by atoms with van der Waals surface area (Å²) in [6.07, 6.45) is 9.08. The van der Waals surface area contributed by atoms with Crippen molar-refractivity contribution < 1.29 is 24.5 Å². The number of carbonyl (C=O) groups is 2. The molecule has 1 saturated heterocycles. The number of ether oxygens (including phenoxy) is 1. The monoisotopic (exact) mass is 618 g/mol. The summed E-state index contributed by atoms with van der Waals surface area (Å²) in [5.74, 6) is -3.03. The molecule has 0 aromatic carbocycles. The Bertz CT molecular complexity index is 2030. The molecule has 3 aliphatic rings. The second-order valence-corrected chi connectivity index (χ2v) is 12.1. The number of hydrogen-bond donors (Lipinski definition) is 4. The second-order valence-electron chi connectivity index (χ2n) is 12.1. The molecule has 0 radical (unpaired) electrons. The summed E-state index contributed by atoms with van der Waals surface area (Å²) >= 11 is 0.